The number of carbonyl (C=O) groups is 1. The Morgan fingerprint density at radius 1 is 1.26 bits per heavy atom. The van der Waals surface area contributed by atoms with E-state index in [-0.39, 0.29) is 11.6 Å². The minimum atomic E-state index is -0.820. The zero-order chi connectivity index (χ0) is 16.0. The highest BCUT2D eigenvalue weighted by molar-refractivity contribution is 6.49. The number of aliphatic imine (C=N–C) groups is 1. The van der Waals surface area contributed by atoms with E-state index in [2.05, 4.69) is 16.4 Å². The lowest BCUT2D eigenvalue weighted by Crippen LogP contribution is -2.45. The Labute approximate surface area is 139 Å². The number of amidine groups is 1. The number of halogens is 1. The predicted molar refractivity (Wildman–Crippen MR) is 92.1 cm³/mol. The van der Waals surface area contributed by atoms with Gasteiger partial charge in [0.15, 0.2) is 5.84 Å². The Bertz CT molecular complexity index is 846. The first-order valence-corrected chi connectivity index (χ1v) is 8.03. The molecule has 2 aromatic carbocycles. The van der Waals surface area contributed by atoms with Gasteiger partial charge in [-0.25, -0.2) is 4.99 Å². The van der Waals surface area contributed by atoms with Crippen LogP contribution in [0.4, 0.5) is 5.69 Å². The third-order valence-electron chi connectivity index (χ3n) is 4.45. The van der Waals surface area contributed by atoms with Crippen molar-refractivity contribution in [2.75, 3.05) is 5.32 Å². The second-order valence-electron chi connectivity index (χ2n) is 6.04. The molecule has 0 fully saturated rings. The van der Waals surface area contributed by atoms with E-state index in [4.69, 9.17) is 17.3 Å². The van der Waals surface area contributed by atoms with E-state index in [1.54, 1.807) is 24.3 Å². The number of benzene rings is 2. The van der Waals surface area contributed by atoms with Gasteiger partial charge in [-0.2, -0.15) is 0 Å². The summed E-state index contributed by atoms with van der Waals surface area (Å²) in [7, 11) is 0. The maximum atomic E-state index is 12.8. The molecule has 0 bridgehead atoms. The van der Waals surface area contributed by atoms with Gasteiger partial charge in [0.2, 0.25) is 5.78 Å². The van der Waals surface area contributed by atoms with Crippen LogP contribution in [0.2, 0.25) is 5.02 Å². The molecule has 2 aromatic rings. The minimum Gasteiger partial charge on any atom is -0.337 e. The van der Waals surface area contributed by atoms with Gasteiger partial charge in [0.05, 0.1) is 0 Å². The van der Waals surface area contributed by atoms with Gasteiger partial charge in [-0.3, -0.25) is 4.79 Å². The zero-order valence-electron chi connectivity index (χ0n) is 12.5. The lowest BCUT2D eigenvalue weighted by Gasteiger charge is -2.38. The molecule has 4 rings (SSSR count). The average molecular weight is 326 g/mol. The first kappa shape index (κ1) is 14.4. The van der Waals surface area contributed by atoms with Crippen molar-refractivity contribution in [3.05, 3.63) is 64.2 Å². The van der Waals surface area contributed by atoms with Gasteiger partial charge in [-0.1, -0.05) is 35.9 Å². The van der Waals surface area contributed by atoms with Crippen LogP contribution in [0.1, 0.15) is 34.3 Å². The van der Waals surface area contributed by atoms with Crippen molar-refractivity contribution in [1.82, 2.24) is 0 Å². The smallest absolute Gasteiger partial charge is 0.228 e. The van der Waals surface area contributed by atoms with Crippen LogP contribution in [0, 0.1) is 0 Å². The molecular weight excluding hydrogens is 310 g/mol. The third-order valence-corrected chi connectivity index (χ3v) is 4.69. The fourth-order valence-corrected chi connectivity index (χ4v) is 3.63. The highest BCUT2D eigenvalue weighted by atomic mass is 35.5. The number of hydrogen-bond acceptors (Lipinski definition) is 4. The van der Waals surface area contributed by atoms with E-state index in [0.717, 1.165) is 30.5 Å². The number of nitrogens with two attached hydrogens (primary N) is 1. The molecule has 1 heterocycles. The Balaban J connectivity index is 1.79. The summed E-state index contributed by atoms with van der Waals surface area (Å²) in [6, 6.07) is 12.9. The van der Waals surface area contributed by atoms with E-state index >= 15 is 0 Å². The van der Waals surface area contributed by atoms with Crippen molar-refractivity contribution >= 4 is 28.9 Å². The van der Waals surface area contributed by atoms with Gasteiger partial charge in [-0.15, -0.1) is 0 Å². The van der Waals surface area contributed by atoms with Crippen molar-refractivity contribution in [1.29, 1.82) is 0 Å². The summed E-state index contributed by atoms with van der Waals surface area (Å²) in [6.07, 6.45) is 2.71. The zero-order valence-corrected chi connectivity index (χ0v) is 13.2. The molecule has 1 unspecified atom stereocenters. The van der Waals surface area contributed by atoms with E-state index in [0.29, 0.717) is 10.6 Å². The number of ketones is 1. The Kier molecular flexibility index (Phi) is 3.25. The molecule has 1 atom stereocenters. The molecule has 2 aliphatic rings. The summed E-state index contributed by atoms with van der Waals surface area (Å²) in [5, 5.41) is 3.68. The molecule has 0 amide bonds. The largest absolute Gasteiger partial charge is 0.337 e. The molecule has 0 saturated heterocycles. The molecule has 0 saturated carbocycles. The third kappa shape index (κ3) is 2.35. The Hall–Kier alpha value is -2.17. The average Bonchev–Trinajstić information content (AvgIpc) is 2.54. The first-order valence-electron chi connectivity index (χ1n) is 7.65. The second-order valence-corrected chi connectivity index (χ2v) is 6.48. The van der Waals surface area contributed by atoms with Crippen LogP contribution >= 0.6 is 11.6 Å². The van der Waals surface area contributed by atoms with Crippen LogP contribution in [0.5, 0.6) is 0 Å². The quantitative estimate of drug-likeness (QED) is 0.830. The van der Waals surface area contributed by atoms with Gasteiger partial charge < -0.3 is 11.1 Å². The van der Waals surface area contributed by atoms with Gasteiger partial charge in [0, 0.05) is 21.8 Å². The van der Waals surface area contributed by atoms with Crippen molar-refractivity contribution < 1.29 is 4.79 Å². The van der Waals surface area contributed by atoms with Crippen LogP contribution in [-0.4, -0.2) is 11.6 Å². The highest BCUT2D eigenvalue weighted by Gasteiger charge is 2.39. The first-order chi connectivity index (χ1) is 11.1. The lowest BCUT2D eigenvalue weighted by atomic mass is 9.81. The number of aryl methyl sites for hydroxylation is 1. The summed E-state index contributed by atoms with van der Waals surface area (Å²) < 4.78 is 0. The molecule has 0 spiro atoms. The second kappa shape index (κ2) is 5.18. The van der Waals surface area contributed by atoms with Gasteiger partial charge >= 0.3 is 0 Å². The fourth-order valence-electron chi connectivity index (χ4n) is 3.44. The monoisotopic (exact) mass is 325 g/mol. The van der Waals surface area contributed by atoms with Crippen LogP contribution < -0.4 is 11.1 Å². The van der Waals surface area contributed by atoms with Crippen LogP contribution in [-0.2, 0) is 12.1 Å². The van der Waals surface area contributed by atoms with Crippen molar-refractivity contribution in [3.63, 3.8) is 0 Å². The molecule has 116 valence electrons. The maximum Gasteiger partial charge on any atom is 0.228 e. The Morgan fingerprint density at radius 2 is 2.09 bits per heavy atom. The maximum absolute atomic E-state index is 12.8. The van der Waals surface area contributed by atoms with Crippen LogP contribution in [0.3, 0.4) is 0 Å². The van der Waals surface area contributed by atoms with E-state index in [1.165, 1.54) is 5.56 Å². The molecule has 1 aliphatic carbocycles. The summed E-state index contributed by atoms with van der Waals surface area (Å²) >= 11 is 5.98. The van der Waals surface area contributed by atoms with Crippen molar-refractivity contribution in [2.24, 2.45) is 10.7 Å². The van der Waals surface area contributed by atoms with E-state index in [9.17, 15) is 4.79 Å². The molecule has 0 aromatic heterocycles. The van der Waals surface area contributed by atoms with Gasteiger partial charge in [0.1, 0.15) is 5.66 Å². The normalized spacial score (nSPS) is 21.9. The lowest BCUT2D eigenvalue weighted by molar-refractivity contribution is 0.106. The molecule has 0 radical (unpaired) electrons. The van der Waals surface area contributed by atoms with Gasteiger partial charge in [0.25, 0.3) is 0 Å². The van der Waals surface area contributed by atoms with E-state index in [1.807, 2.05) is 12.1 Å². The summed E-state index contributed by atoms with van der Waals surface area (Å²) in [5.41, 5.74) is 9.35. The SMILES string of the molecule is NC12CCCc3cccc(c31)NC(C(=O)c1cccc(Cl)c1)=N2. The number of rotatable bonds is 2. The highest BCUT2D eigenvalue weighted by Crippen LogP contribution is 2.41. The number of Topliss-reactive ketones (excluding diaryl/α,β-unsaturated/α-hetero) is 1. The summed E-state index contributed by atoms with van der Waals surface area (Å²) in [4.78, 5) is 17.3. The minimum absolute atomic E-state index is 0.195. The van der Waals surface area contributed by atoms with Crippen molar-refractivity contribution in [3.8, 4) is 0 Å². The molecule has 1 aliphatic heterocycles. The van der Waals surface area contributed by atoms with E-state index < -0.39 is 5.66 Å². The number of anilines is 1. The molecular formula is C18H16ClN3O. The van der Waals surface area contributed by atoms with Crippen LogP contribution in [0.25, 0.3) is 0 Å². The van der Waals surface area contributed by atoms with Crippen molar-refractivity contribution in [2.45, 2.75) is 24.9 Å². The predicted octanol–water partition coefficient (Wildman–Crippen LogP) is 3.49. The number of nitrogens with zero attached hydrogens (tertiary/aromatic N) is 1. The summed E-state index contributed by atoms with van der Waals surface area (Å²) in [6.45, 7) is 0. The van der Waals surface area contributed by atoms with Crippen LogP contribution in [0.15, 0.2) is 47.5 Å². The molecule has 23 heavy (non-hydrogen) atoms. The number of carbonyl (C=O) groups excluding carboxylic acids is 1. The molecule has 4 nitrogen and oxygen atoms in total. The molecule has 5 heteroatoms. The Morgan fingerprint density at radius 3 is 2.91 bits per heavy atom. The summed E-state index contributed by atoms with van der Waals surface area (Å²) in [5.74, 6) is 0.0836. The molecule has 3 N–H and O–H groups in total. The van der Waals surface area contributed by atoms with Gasteiger partial charge in [-0.05, 0) is 43.0 Å². The fraction of sp³-hybridized carbons (Fsp3) is 0.222. The number of nitrogens with one attached hydrogen (secondary N) is 1. The standard InChI is InChI=1S/C18H16ClN3O/c19-13-7-1-5-12(10-13)16(23)17-21-14-8-2-4-11-6-3-9-18(20,22-17)15(11)14/h1-2,4-5,7-8,10H,3,6,9,20H2,(H,21,22). The number of hydrogen-bond donors (Lipinski definition) is 2. The topological polar surface area (TPSA) is 67.5 Å².